The van der Waals surface area contributed by atoms with E-state index >= 15 is 0 Å². The zero-order valence-electron chi connectivity index (χ0n) is 15.5. The van der Waals surface area contributed by atoms with Gasteiger partial charge in [0, 0.05) is 6.42 Å². The number of carbonyl (C=O) groups excluding carboxylic acids is 1. The molecule has 0 fully saturated rings. The van der Waals surface area contributed by atoms with Gasteiger partial charge in [-0.2, -0.15) is 0 Å². The van der Waals surface area contributed by atoms with Gasteiger partial charge >= 0.3 is 5.97 Å². The maximum absolute atomic E-state index is 11.1. The number of carbonyl (C=O) groups is 1. The first-order valence-electron chi connectivity index (χ1n) is 9.21. The molecule has 0 atom stereocenters. The van der Waals surface area contributed by atoms with Crippen molar-refractivity contribution in [2.45, 2.75) is 65.2 Å². The number of unbranched alkanes of at least 4 members (excludes halogenated alkanes) is 1. The summed E-state index contributed by atoms with van der Waals surface area (Å²) in [6.07, 6.45) is 29.3. The highest BCUT2D eigenvalue weighted by Crippen LogP contribution is 2.00. The summed E-state index contributed by atoms with van der Waals surface area (Å²) in [4.78, 5) is 11.1. The largest absolute Gasteiger partial charge is 0.466 e. The zero-order chi connectivity index (χ0) is 17.7. The van der Waals surface area contributed by atoms with Crippen LogP contribution in [0.3, 0.4) is 0 Å². The lowest BCUT2D eigenvalue weighted by atomic mass is 10.2. The highest BCUT2D eigenvalue weighted by Gasteiger charge is 1.98. The third-order valence-corrected chi connectivity index (χ3v) is 3.21. The molecule has 0 aromatic carbocycles. The normalized spacial score (nSPS) is 12.6. The Labute approximate surface area is 148 Å². The van der Waals surface area contributed by atoms with E-state index in [2.05, 4.69) is 67.7 Å². The van der Waals surface area contributed by atoms with E-state index < -0.39 is 0 Å². The highest BCUT2D eigenvalue weighted by atomic mass is 16.5. The molecule has 0 amide bonds. The summed E-state index contributed by atoms with van der Waals surface area (Å²) >= 11 is 0. The van der Waals surface area contributed by atoms with E-state index in [0.29, 0.717) is 13.0 Å². The van der Waals surface area contributed by atoms with Gasteiger partial charge in [0.05, 0.1) is 6.61 Å². The van der Waals surface area contributed by atoms with Crippen LogP contribution in [0.2, 0.25) is 0 Å². The number of hydrogen-bond donors (Lipinski definition) is 0. The predicted molar refractivity (Wildman–Crippen MR) is 105 cm³/mol. The van der Waals surface area contributed by atoms with Crippen molar-refractivity contribution in [1.82, 2.24) is 0 Å². The Kier molecular flexibility index (Phi) is 17.8. The minimum atomic E-state index is -0.0927. The number of hydrogen-bond acceptors (Lipinski definition) is 2. The minimum Gasteiger partial charge on any atom is -0.466 e. The Morgan fingerprint density at radius 1 is 0.708 bits per heavy atom. The average molecular weight is 331 g/mol. The van der Waals surface area contributed by atoms with E-state index in [0.717, 1.165) is 44.9 Å². The molecule has 134 valence electrons. The molecule has 0 spiro atoms. The van der Waals surface area contributed by atoms with Gasteiger partial charge in [0.1, 0.15) is 0 Å². The molecule has 2 heteroatoms. The SMILES string of the molecule is CC/C=C/C/C=C/C/C=C/C/C=C/C/C=C\CCCC(=O)OCC. The van der Waals surface area contributed by atoms with Gasteiger partial charge in [-0.1, -0.05) is 67.7 Å². The molecule has 0 aliphatic carbocycles. The summed E-state index contributed by atoms with van der Waals surface area (Å²) in [7, 11) is 0. The average Bonchev–Trinajstić information content (AvgIpc) is 2.58. The number of ether oxygens (including phenoxy) is 1. The first-order valence-corrected chi connectivity index (χ1v) is 9.21. The fourth-order valence-electron chi connectivity index (χ4n) is 1.97. The molecule has 0 unspecified atom stereocenters. The summed E-state index contributed by atoms with van der Waals surface area (Å²) in [6, 6.07) is 0. The lowest BCUT2D eigenvalue weighted by Gasteiger charge is -1.98. The third kappa shape index (κ3) is 18.2. The molecule has 0 saturated carbocycles. The van der Waals surface area contributed by atoms with Crippen LogP contribution in [-0.2, 0) is 9.53 Å². The minimum absolute atomic E-state index is 0.0927. The van der Waals surface area contributed by atoms with E-state index in [1.54, 1.807) is 0 Å². The van der Waals surface area contributed by atoms with Gasteiger partial charge in [0.2, 0.25) is 0 Å². The van der Waals surface area contributed by atoms with E-state index in [1.807, 2.05) is 6.92 Å². The van der Waals surface area contributed by atoms with E-state index in [9.17, 15) is 4.79 Å². The molecule has 0 aromatic rings. The van der Waals surface area contributed by atoms with Crippen molar-refractivity contribution in [2.75, 3.05) is 6.61 Å². The molecule has 0 heterocycles. The van der Waals surface area contributed by atoms with Gasteiger partial charge in [0.15, 0.2) is 0 Å². The van der Waals surface area contributed by atoms with E-state index in [-0.39, 0.29) is 5.97 Å². The predicted octanol–water partition coefficient (Wildman–Crippen LogP) is 6.47. The molecular formula is C22H34O2. The van der Waals surface area contributed by atoms with Gasteiger partial charge in [0.25, 0.3) is 0 Å². The van der Waals surface area contributed by atoms with Crippen LogP contribution >= 0.6 is 0 Å². The maximum atomic E-state index is 11.1. The zero-order valence-corrected chi connectivity index (χ0v) is 15.5. The summed E-state index contributed by atoms with van der Waals surface area (Å²) in [5.41, 5.74) is 0. The molecule has 0 saturated heterocycles. The second kappa shape index (κ2) is 19.2. The second-order valence-corrected chi connectivity index (χ2v) is 5.41. The van der Waals surface area contributed by atoms with Crippen molar-refractivity contribution in [1.29, 1.82) is 0 Å². The molecule has 0 aliphatic rings. The van der Waals surface area contributed by atoms with Crippen LogP contribution in [0, 0.1) is 0 Å². The lowest BCUT2D eigenvalue weighted by Crippen LogP contribution is -2.02. The second-order valence-electron chi connectivity index (χ2n) is 5.41. The van der Waals surface area contributed by atoms with Crippen molar-refractivity contribution < 1.29 is 9.53 Å². The van der Waals surface area contributed by atoms with Gasteiger partial charge < -0.3 is 4.74 Å². The van der Waals surface area contributed by atoms with Crippen LogP contribution in [0.25, 0.3) is 0 Å². The Hall–Kier alpha value is -1.83. The fraction of sp³-hybridized carbons (Fsp3) is 0.500. The van der Waals surface area contributed by atoms with Crippen LogP contribution in [0.5, 0.6) is 0 Å². The summed E-state index contributed by atoms with van der Waals surface area (Å²) < 4.78 is 4.88. The van der Waals surface area contributed by atoms with Crippen LogP contribution in [0.4, 0.5) is 0 Å². The van der Waals surface area contributed by atoms with Crippen molar-refractivity contribution in [3.8, 4) is 0 Å². The van der Waals surface area contributed by atoms with Crippen LogP contribution in [-0.4, -0.2) is 12.6 Å². The number of rotatable bonds is 14. The Bertz CT molecular complexity index is 425. The molecule has 24 heavy (non-hydrogen) atoms. The van der Waals surface area contributed by atoms with Crippen LogP contribution in [0.15, 0.2) is 60.8 Å². The van der Waals surface area contributed by atoms with Crippen LogP contribution < -0.4 is 0 Å². The van der Waals surface area contributed by atoms with Crippen LogP contribution in [0.1, 0.15) is 65.2 Å². The Balaban J connectivity index is 3.48. The highest BCUT2D eigenvalue weighted by molar-refractivity contribution is 5.69. The first kappa shape index (κ1) is 22.2. The molecule has 0 bridgehead atoms. The summed E-state index contributed by atoms with van der Waals surface area (Å²) in [5, 5.41) is 0. The molecule has 0 rings (SSSR count). The van der Waals surface area contributed by atoms with Gasteiger partial charge in [-0.3, -0.25) is 4.79 Å². The summed E-state index contributed by atoms with van der Waals surface area (Å²) in [6.45, 7) is 4.46. The third-order valence-electron chi connectivity index (χ3n) is 3.21. The number of esters is 1. The maximum Gasteiger partial charge on any atom is 0.305 e. The van der Waals surface area contributed by atoms with Gasteiger partial charge in [-0.25, -0.2) is 0 Å². The van der Waals surface area contributed by atoms with E-state index in [4.69, 9.17) is 4.74 Å². The quantitative estimate of drug-likeness (QED) is 0.207. The number of allylic oxidation sites excluding steroid dienone is 10. The standard InChI is InChI=1S/C22H34O2/c1-3-5-6-7-8-9-10-11-12-13-14-15-16-17-18-19-20-21-22(23)24-4-2/h5-6,8-9,11-12,14-15,17-18H,3-4,7,10,13,16,19-21H2,1-2H3/b6-5+,9-8+,12-11+,15-14+,18-17-. The molecule has 0 aliphatic heterocycles. The van der Waals surface area contributed by atoms with Crippen molar-refractivity contribution in [2.24, 2.45) is 0 Å². The first-order chi connectivity index (χ1) is 11.8. The van der Waals surface area contributed by atoms with Gasteiger partial charge in [-0.15, -0.1) is 0 Å². The fourth-order valence-corrected chi connectivity index (χ4v) is 1.97. The van der Waals surface area contributed by atoms with E-state index in [1.165, 1.54) is 0 Å². The smallest absolute Gasteiger partial charge is 0.305 e. The molecule has 0 aromatic heterocycles. The molecule has 2 nitrogen and oxygen atoms in total. The Morgan fingerprint density at radius 2 is 1.17 bits per heavy atom. The van der Waals surface area contributed by atoms with Crippen molar-refractivity contribution in [3.63, 3.8) is 0 Å². The Morgan fingerprint density at radius 3 is 1.62 bits per heavy atom. The topological polar surface area (TPSA) is 26.3 Å². The lowest BCUT2D eigenvalue weighted by molar-refractivity contribution is -0.143. The van der Waals surface area contributed by atoms with Gasteiger partial charge in [-0.05, 0) is 51.9 Å². The molecule has 0 radical (unpaired) electrons. The molecular weight excluding hydrogens is 296 g/mol. The van der Waals surface area contributed by atoms with Crippen molar-refractivity contribution >= 4 is 5.97 Å². The molecule has 0 N–H and O–H groups in total. The van der Waals surface area contributed by atoms with Crippen molar-refractivity contribution in [3.05, 3.63) is 60.8 Å². The summed E-state index contributed by atoms with van der Waals surface area (Å²) in [5.74, 6) is -0.0927. The monoisotopic (exact) mass is 330 g/mol.